The van der Waals surface area contributed by atoms with Crippen LogP contribution in [0.3, 0.4) is 0 Å². The van der Waals surface area contributed by atoms with Gasteiger partial charge in [0, 0.05) is 49.9 Å². The Labute approximate surface area is 487 Å². The molecule has 83 heavy (non-hydrogen) atoms. The molecule has 0 fully saturated rings. The van der Waals surface area contributed by atoms with Gasteiger partial charge in [-0.2, -0.15) is 0 Å². The molecule has 0 atom stereocenters. The smallest absolute Gasteiger partial charge is 0.0540 e. The van der Waals surface area contributed by atoms with Crippen LogP contribution in [0, 0.1) is 0 Å². The molecule has 12 aromatic rings. The highest BCUT2D eigenvalue weighted by molar-refractivity contribution is 6.05. The zero-order valence-electron chi connectivity index (χ0n) is 47.6. The van der Waals surface area contributed by atoms with Gasteiger partial charge < -0.3 is 9.80 Å². The lowest BCUT2D eigenvalue weighted by Gasteiger charge is -2.29. The number of fused-ring (bicyclic) bond motifs is 19. The largest absolute Gasteiger partial charge is 0.309 e. The van der Waals surface area contributed by atoms with E-state index in [2.05, 4.69) is 306 Å². The van der Waals surface area contributed by atoms with Gasteiger partial charge >= 0.3 is 0 Å². The number of hydrogen-bond donors (Lipinski definition) is 0. The maximum absolute atomic E-state index is 2.49. The maximum Gasteiger partial charge on any atom is 0.0540 e. The van der Waals surface area contributed by atoms with Gasteiger partial charge in [-0.05, 0) is 184 Å². The Hall–Kier alpha value is -9.76. The summed E-state index contributed by atoms with van der Waals surface area (Å²) in [5.41, 5.74) is 37.8. The Kier molecular flexibility index (Phi) is 9.91. The van der Waals surface area contributed by atoms with Crippen molar-refractivity contribution in [1.29, 1.82) is 0 Å². The SMILES string of the molecule is CC1(C)c2cc(-c3ccc4c(c3)C(C)(C)c3cc(N5c6ccccc6-c6ccccc6-c6ccccc65)ccc3-4)ccc2-c2ccc(-c3ccc4c(c3)C(C)(C)c3cc(N5c6ccccc6-c6ccccc6-c6ccccc65)ccc3-4)cc21. The zero-order valence-corrected chi connectivity index (χ0v) is 47.6. The molecule has 2 nitrogen and oxygen atoms in total. The van der Waals surface area contributed by atoms with Crippen LogP contribution < -0.4 is 9.80 Å². The molecule has 0 bridgehead atoms. The van der Waals surface area contributed by atoms with Crippen molar-refractivity contribution in [3.63, 3.8) is 0 Å². The van der Waals surface area contributed by atoms with Gasteiger partial charge in [-0.3, -0.25) is 0 Å². The first-order chi connectivity index (χ1) is 40.4. The van der Waals surface area contributed by atoms with E-state index in [-0.39, 0.29) is 16.2 Å². The van der Waals surface area contributed by atoms with Crippen molar-refractivity contribution in [2.24, 2.45) is 0 Å². The summed E-state index contributed by atoms with van der Waals surface area (Å²) >= 11 is 0. The van der Waals surface area contributed by atoms with Gasteiger partial charge in [0.05, 0.1) is 22.7 Å². The van der Waals surface area contributed by atoms with E-state index in [0.29, 0.717) is 0 Å². The van der Waals surface area contributed by atoms with E-state index in [1.807, 2.05) is 0 Å². The van der Waals surface area contributed by atoms with Crippen molar-refractivity contribution in [3.05, 3.63) is 288 Å². The Bertz CT molecular complexity index is 4360. The predicted molar refractivity (Wildman–Crippen MR) is 348 cm³/mol. The number of nitrogens with zero attached hydrogens (tertiary/aromatic N) is 2. The predicted octanol–water partition coefficient (Wildman–Crippen LogP) is 22.2. The zero-order chi connectivity index (χ0) is 55.7. The fourth-order valence-electron chi connectivity index (χ4n) is 15.5. The van der Waals surface area contributed by atoms with Crippen molar-refractivity contribution in [2.45, 2.75) is 57.8 Å². The van der Waals surface area contributed by atoms with Crippen LogP contribution >= 0.6 is 0 Å². The molecule has 0 spiro atoms. The first kappa shape index (κ1) is 48.0. The van der Waals surface area contributed by atoms with Crippen LogP contribution in [-0.2, 0) is 16.2 Å². The first-order valence-electron chi connectivity index (χ1n) is 29.5. The molecule has 394 valence electrons. The lowest BCUT2D eigenvalue weighted by atomic mass is 9.79. The topological polar surface area (TPSA) is 6.48 Å². The second kappa shape index (κ2) is 17.1. The van der Waals surface area contributed by atoms with E-state index in [1.54, 1.807) is 0 Å². The summed E-state index contributed by atoms with van der Waals surface area (Å²) in [4.78, 5) is 4.97. The number of para-hydroxylation sites is 4. The minimum absolute atomic E-state index is 0.195. The molecule has 0 N–H and O–H groups in total. The highest BCUT2D eigenvalue weighted by Gasteiger charge is 2.41. The average Bonchev–Trinajstić information content (AvgIpc) is 3.49. The summed E-state index contributed by atoms with van der Waals surface area (Å²) in [5, 5.41) is 0. The molecular weight excluding hydrogens is 1000 g/mol. The highest BCUT2D eigenvalue weighted by Crippen LogP contribution is 2.58. The molecule has 0 radical (unpaired) electrons. The van der Waals surface area contributed by atoms with Crippen LogP contribution in [-0.4, -0.2) is 0 Å². The molecule has 2 heteroatoms. The maximum atomic E-state index is 2.49. The fourth-order valence-corrected chi connectivity index (χ4v) is 15.5. The fraction of sp³-hybridized carbons (Fsp3) is 0.111. The number of benzene rings is 12. The molecule has 3 aliphatic carbocycles. The number of rotatable bonds is 4. The molecule has 2 heterocycles. The van der Waals surface area contributed by atoms with Crippen molar-refractivity contribution in [1.82, 2.24) is 0 Å². The molecule has 5 aliphatic rings. The van der Waals surface area contributed by atoms with Gasteiger partial charge in [0.25, 0.3) is 0 Å². The third-order valence-corrected chi connectivity index (χ3v) is 19.8. The third kappa shape index (κ3) is 6.72. The molecule has 0 saturated carbocycles. The average molecular weight is 1060 g/mol. The minimum Gasteiger partial charge on any atom is -0.309 e. The van der Waals surface area contributed by atoms with E-state index in [0.717, 1.165) is 0 Å². The van der Waals surface area contributed by atoms with Crippen molar-refractivity contribution < 1.29 is 0 Å². The highest BCUT2D eigenvalue weighted by atomic mass is 15.2. The summed E-state index contributed by atoms with van der Waals surface area (Å²) in [5.74, 6) is 0. The Morgan fingerprint density at radius 1 is 0.193 bits per heavy atom. The van der Waals surface area contributed by atoms with Crippen LogP contribution in [0.1, 0.15) is 74.9 Å². The summed E-state index contributed by atoms with van der Waals surface area (Å²) in [6, 6.07) is 96.5. The molecule has 0 saturated heterocycles. The van der Waals surface area contributed by atoms with E-state index in [4.69, 9.17) is 0 Å². The van der Waals surface area contributed by atoms with Gasteiger partial charge in [0.15, 0.2) is 0 Å². The Morgan fingerprint density at radius 2 is 0.398 bits per heavy atom. The van der Waals surface area contributed by atoms with E-state index < -0.39 is 0 Å². The van der Waals surface area contributed by atoms with Crippen LogP contribution in [0.5, 0.6) is 0 Å². The second-order valence-electron chi connectivity index (χ2n) is 25.2. The van der Waals surface area contributed by atoms with Crippen LogP contribution in [0.4, 0.5) is 34.1 Å². The summed E-state index contributed by atoms with van der Waals surface area (Å²) in [6.07, 6.45) is 0. The van der Waals surface area contributed by atoms with E-state index >= 15 is 0 Å². The lowest BCUT2D eigenvalue weighted by Crippen LogP contribution is -2.17. The van der Waals surface area contributed by atoms with Crippen LogP contribution in [0.2, 0.25) is 0 Å². The monoisotopic (exact) mass is 1060 g/mol. The van der Waals surface area contributed by atoms with Crippen molar-refractivity contribution in [2.75, 3.05) is 9.80 Å². The van der Waals surface area contributed by atoms with Gasteiger partial charge in [0.1, 0.15) is 0 Å². The molecule has 0 aromatic heterocycles. The summed E-state index contributed by atoms with van der Waals surface area (Å²) in [7, 11) is 0. The van der Waals surface area contributed by atoms with Gasteiger partial charge in [0.2, 0.25) is 0 Å². The second-order valence-corrected chi connectivity index (χ2v) is 25.2. The molecule has 17 rings (SSSR count). The number of hydrogen-bond acceptors (Lipinski definition) is 2. The molecular formula is C81H60N2. The first-order valence-corrected chi connectivity index (χ1v) is 29.5. The van der Waals surface area contributed by atoms with Crippen LogP contribution in [0.25, 0.3) is 100 Å². The third-order valence-electron chi connectivity index (χ3n) is 19.8. The summed E-state index contributed by atoms with van der Waals surface area (Å²) in [6.45, 7) is 14.5. The Balaban J connectivity index is 0.678. The lowest BCUT2D eigenvalue weighted by molar-refractivity contribution is 0.659. The van der Waals surface area contributed by atoms with Crippen molar-refractivity contribution in [3.8, 4) is 100 Å². The van der Waals surface area contributed by atoms with E-state index in [1.165, 1.54) is 168 Å². The summed E-state index contributed by atoms with van der Waals surface area (Å²) < 4.78 is 0. The van der Waals surface area contributed by atoms with Gasteiger partial charge in [-0.15, -0.1) is 0 Å². The van der Waals surface area contributed by atoms with E-state index in [9.17, 15) is 0 Å². The molecule has 0 unspecified atom stereocenters. The standard InChI is InChI=1S/C81H60N2/c1-79(2)69-43-49(51-33-39-61-63-41-35-53(47-73(63)80(3,4)71(61)45-51)82-75-27-15-11-23-65(75)55-19-7-8-20-56(55)66-24-12-16-28-76(66)82)31-37-59(69)60-38-32-50(44-70(60)79)52-34-40-62-64-42-36-54(48-74(64)81(5,6)72(62)46-52)83-77-29-17-13-25-67(77)57-21-9-10-22-58(57)68-26-14-18-30-78(68)83/h7-48H,1-6H3. The van der Waals surface area contributed by atoms with Crippen LogP contribution in [0.15, 0.2) is 255 Å². The Morgan fingerprint density at radius 3 is 0.651 bits per heavy atom. The normalized spacial score (nSPS) is 15.1. The van der Waals surface area contributed by atoms with Crippen molar-refractivity contribution >= 4 is 34.1 Å². The molecule has 2 aliphatic heterocycles. The van der Waals surface area contributed by atoms with Gasteiger partial charge in [-0.1, -0.05) is 224 Å². The molecule has 0 amide bonds. The number of anilines is 6. The van der Waals surface area contributed by atoms with Gasteiger partial charge in [-0.25, -0.2) is 0 Å². The molecule has 12 aromatic carbocycles. The quantitative estimate of drug-likeness (QED) is 0.173. The minimum atomic E-state index is -0.216.